The monoisotopic (exact) mass is 467 g/mol. The van der Waals surface area contributed by atoms with Gasteiger partial charge in [0.05, 0.1) is 21.2 Å². The molecule has 1 unspecified atom stereocenters. The number of rotatable bonds is 4. The lowest BCUT2D eigenvalue weighted by atomic mass is 9.94. The molecular formula is C27H37NO4Si. The van der Waals surface area contributed by atoms with Crippen molar-refractivity contribution < 1.29 is 19.2 Å². The third kappa shape index (κ3) is 4.04. The summed E-state index contributed by atoms with van der Waals surface area (Å²) in [6, 6.07) is 9.74. The Morgan fingerprint density at radius 3 is 2.12 bits per heavy atom. The van der Waals surface area contributed by atoms with Crippen molar-refractivity contribution in [3.63, 3.8) is 0 Å². The van der Waals surface area contributed by atoms with Crippen molar-refractivity contribution in [2.24, 2.45) is 0 Å². The van der Waals surface area contributed by atoms with E-state index in [2.05, 4.69) is 60.7 Å². The molecule has 0 fully saturated rings. The number of hydroxylamine groups is 2. The highest BCUT2D eigenvalue weighted by Gasteiger charge is 2.50. The maximum atomic E-state index is 12.6. The van der Waals surface area contributed by atoms with E-state index in [9.17, 15) is 9.59 Å². The third-order valence-corrected chi connectivity index (χ3v) is 12.8. The Morgan fingerprint density at radius 1 is 1.06 bits per heavy atom. The number of carbonyl (C=O) groups excluding carboxylic acids is 2. The first-order chi connectivity index (χ1) is 15.2. The lowest BCUT2D eigenvalue weighted by molar-refractivity contribution is -0.188. The molecule has 0 aromatic carbocycles. The number of aldehydes is 1. The fourth-order valence-corrected chi connectivity index (χ4v) is 7.12. The number of fused-ring (bicyclic) bond motifs is 1. The predicted molar refractivity (Wildman–Crippen MR) is 135 cm³/mol. The summed E-state index contributed by atoms with van der Waals surface area (Å²) < 4.78 is 5.03. The molecule has 0 saturated carbocycles. The summed E-state index contributed by atoms with van der Waals surface area (Å²) >= 11 is 0. The van der Waals surface area contributed by atoms with Crippen LogP contribution in [0.4, 0.5) is 0 Å². The first kappa shape index (κ1) is 25.2. The molecule has 33 heavy (non-hydrogen) atoms. The third-order valence-electron chi connectivity index (χ3n) is 7.27. The molecular weight excluding hydrogens is 430 g/mol. The van der Waals surface area contributed by atoms with Crippen molar-refractivity contribution in [3.8, 4) is 11.1 Å². The van der Waals surface area contributed by atoms with Crippen LogP contribution in [0, 0.1) is 0 Å². The highest BCUT2D eigenvalue weighted by atomic mass is 28.3. The highest BCUT2D eigenvalue weighted by Crippen LogP contribution is 2.49. The molecule has 0 aromatic rings. The average molecular weight is 468 g/mol. The van der Waals surface area contributed by atoms with Gasteiger partial charge in [0.2, 0.25) is 5.76 Å². The minimum absolute atomic E-state index is 0.000889. The van der Waals surface area contributed by atoms with Crippen LogP contribution < -0.4 is 5.19 Å². The second-order valence-electron chi connectivity index (χ2n) is 11.4. The summed E-state index contributed by atoms with van der Waals surface area (Å²) in [5.74, 6) is -0.268. The Bertz CT molecular complexity index is 1090. The molecule has 2 aliphatic carbocycles. The molecule has 1 aliphatic heterocycles. The minimum atomic E-state index is -2.20. The van der Waals surface area contributed by atoms with E-state index in [1.54, 1.807) is 0 Å². The Balaban J connectivity index is 2.50. The Morgan fingerprint density at radius 2 is 1.64 bits per heavy atom. The molecule has 0 bridgehead atoms. The zero-order valence-corrected chi connectivity index (χ0v) is 22.6. The summed E-state index contributed by atoms with van der Waals surface area (Å²) in [6.07, 6.45) is 1.01. The lowest BCUT2D eigenvalue weighted by Gasteiger charge is -2.41. The minimum Gasteiger partial charge on any atom is -0.463 e. The summed E-state index contributed by atoms with van der Waals surface area (Å²) in [6.45, 7) is 19.5. The molecule has 178 valence electrons. The number of methoxy groups -OCH3 is 1. The fraction of sp³-hybridized carbons (Fsp3) is 0.481. The first-order valence-electron chi connectivity index (χ1n) is 11.4. The molecule has 5 nitrogen and oxygen atoms in total. The van der Waals surface area contributed by atoms with Crippen LogP contribution in [0.15, 0.2) is 41.7 Å². The van der Waals surface area contributed by atoms with E-state index in [-0.39, 0.29) is 16.8 Å². The van der Waals surface area contributed by atoms with Crippen LogP contribution in [0.1, 0.15) is 70.4 Å². The topological polar surface area (TPSA) is 55.8 Å². The Hall–Kier alpha value is -2.44. The van der Waals surface area contributed by atoms with E-state index in [0.29, 0.717) is 0 Å². The van der Waals surface area contributed by atoms with Crippen molar-refractivity contribution in [2.75, 3.05) is 7.11 Å². The van der Waals surface area contributed by atoms with Gasteiger partial charge in [-0.1, -0.05) is 64.2 Å². The van der Waals surface area contributed by atoms with E-state index in [1.807, 2.05) is 36.3 Å². The molecule has 6 heteroatoms. The van der Waals surface area contributed by atoms with Gasteiger partial charge < -0.3 is 9.57 Å². The molecule has 0 N–H and O–H groups in total. The maximum absolute atomic E-state index is 12.6. The fourth-order valence-electron chi connectivity index (χ4n) is 4.56. The van der Waals surface area contributed by atoms with E-state index in [1.165, 1.54) is 7.11 Å². The van der Waals surface area contributed by atoms with Gasteiger partial charge in [0.1, 0.15) is 0 Å². The molecule has 0 spiro atoms. The van der Waals surface area contributed by atoms with Gasteiger partial charge >= 0.3 is 5.97 Å². The number of hydrogen-bond donors (Lipinski definition) is 0. The van der Waals surface area contributed by atoms with Crippen molar-refractivity contribution in [3.05, 3.63) is 52.8 Å². The van der Waals surface area contributed by atoms with Crippen molar-refractivity contribution >= 4 is 25.5 Å². The summed E-state index contributed by atoms with van der Waals surface area (Å²) in [7, 11) is -0.831. The molecule has 3 aliphatic rings. The molecule has 0 radical (unpaired) electrons. The first-order valence-corrected chi connectivity index (χ1v) is 14.4. The summed E-state index contributed by atoms with van der Waals surface area (Å²) in [5, 5.41) is 3.03. The Kier molecular flexibility index (Phi) is 6.41. The molecule has 0 aromatic heterocycles. The number of carbonyl (C=O) groups is 2. The second kappa shape index (κ2) is 8.40. The van der Waals surface area contributed by atoms with Crippen molar-refractivity contribution in [1.82, 2.24) is 5.06 Å². The van der Waals surface area contributed by atoms with Crippen LogP contribution in [0.3, 0.4) is 0 Å². The normalized spacial score (nSPS) is 17.9. The standard InChI is InChI=1S/C27H37NO4Si/c1-17-22(28(26(2,3)4)32-23(17)25(30)31-8)21-19-15-13-11-12-14-18(19)20(16-29)24(21)33(9,10)27(5,6)7/h11-16,22H,1-10H3. The van der Waals surface area contributed by atoms with Crippen molar-refractivity contribution in [1.29, 1.82) is 0 Å². The number of ether oxygens (including phenoxy) is 1. The van der Waals surface area contributed by atoms with Gasteiger partial charge in [-0.3, -0.25) is 4.79 Å². The van der Waals surface area contributed by atoms with Crippen LogP contribution in [-0.2, 0) is 14.4 Å². The van der Waals surface area contributed by atoms with Gasteiger partial charge in [-0.2, -0.15) is 0 Å². The zero-order chi connectivity index (χ0) is 24.9. The van der Waals surface area contributed by atoms with E-state index >= 15 is 0 Å². The van der Waals surface area contributed by atoms with Crippen LogP contribution >= 0.6 is 0 Å². The van der Waals surface area contributed by atoms with Crippen LogP contribution in [0.5, 0.6) is 0 Å². The van der Waals surface area contributed by atoms with Gasteiger partial charge in [0, 0.05) is 16.7 Å². The SMILES string of the molecule is COC(=O)C1=C(C)C(c2c3cccccc-3c(C=O)c2[Si](C)(C)C(C)(C)C)N(C(C)(C)C)O1. The number of nitrogens with zero attached hydrogens (tertiary/aromatic N) is 1. The van der Waals surface area contributed by atoms with Crippen LogP contribution in [-0.4, -0.2) is 38.0 Å². The molecule has 1 atom stereocenters. The molecule has 0 amide bonds. The van der Waals surface area contributed by atoms with Gasteiger partial charge in [-0.25, -0.2) is 4.79 Å². The number of esters is 1. The smallest absolute Gasteiger partial charge is 0.375 e. The van der Waals surface area contributed by atoms with E-state index in [4.69, 9.17) is 9.57 Å². The average Bonchev–Trinajstić information content (AvgIpc) is 3.09. The molecule has 0 saturated heterocycles. The van der Waals surface area contributed by atoms with E-state index in [0.717, 1.165) is 39.3 Å². The van der Waals surface area contributed by atoms with Gasteiger partial charge in [-0.05, 0) is 54.6 Å². The van der Waals surface area contributed by atoms with E-state index < -0.39 is 19.6 Å². The maximum Gasteiger partial charge on any atom is 0.375 e. The lowest BCUT2D eigenvalue weighted by Crippen LogP contribution is -2.53. The Labute approximate surface area is 199 Å². The predicted octanol–water partition coefficient (Wildman–Crippen LogP) is 5.85. The van der Waals surface area contributed by atoms with Crippen molar-refractivity contribution in [2.45, 2.75) is 78.2 Å². The quantitative estimate of drug-likeness (QED) is 0.321. The largest absolute Gasteiger partial charge is 0.463 e. The van der Waals surface area contributed by atoms with Crippen LogP contribution in [0.2, 0.25) is 18.1 Å². The van der Waals surface area contributed by atoms with Crippen LogP contribution in [0.25, 0.3) is 11.1 Å². The molecule has 3 rings (SSSR count). The van der Waals surface area contributed by atoms with Gasteiger partial charge in [-0.15, -0.1) is 5.06 Å². The summed E-state index contributed by atoms with van der Waals surface area (Å²) in [5.41, 5.74) is 4.19. The molecule has 1 heterocycles. The number of hydrogen-bond acceptors (Lipinski definition) is 5. The van der Waals surface area contributed by atoms with Gasteiger partial charge in [0.15, 0.2) is 6.29 Å². The van der Waals surface area contributed by atoms with Gasteiger partial charge in [0.25, 0.3) is 0 Å². The zero-order valence-electron chi connectivity index (χ0n) is 21.6. The summed E-state index contributed by atoms with van der Waals surface area (Å²) in [4.78, 5) is 31.4. The highest BCUT2D eigenvalue weighted by molar-refractivity contribution is 6.93. The second-order valence-corrected chi connectivity index (χ2v) is 16.7.